The van der Waals surface area contributed by atoms with E-state index in [9.17, 15) is 9.59 Å². The highest BCUT2D eigenvalue weighted by Crippen LogP contribution is 2.24. The van der Waals surface area contributed by atoms with Gasteiger partial charge in [0.1, 0.15) is 11.7 Å². The van der Waals surface area contributed by atoms with Crippen LogP contribution in [0.15, 0.2) is 28.8 Å². The van der Waals surface area contributed by atoms with E-state index in [1.54, 1.807) is 6.07 Å². The molecule has 1 N–H and O–H groups in total. The van der Waals surface area contributed by atoms with Crippen molar-refractivity contribution < 1.29 is 19.2 Å². The molecule has 0 saturated carbocycles. The van der Waals surface area contributed by atoms with Crippen molar-refractivity contribution in [1.82, 2.24) is 10.1 Å². The van der Waals surface area contributed by atoms with Crippen molar-refractivity contribution in [2.45, 2.75) is 12.5 Å². The van der Waals surface area contributed by atoms with E-state index < -0.39 is 12.0 Å². The van der Waals surface area contributed by atoms with Crippen LogP contribution in [0.3, 0.4) is 0 Å². The lowest BCUT2D eigenvalue weighted by Crippen LogP contribution is -2.42. The lowest BCUT2D eigenvalue weighted by molar-refractivity contribution is -0.147. The molecule has 1 aliphatic heterocycles. The zero-order valence-corrected chi connectivity index (χ0v) is 11.3. The first kappa shape index (κ1) is 13.0. The second-order valence-corrected chi connectivity index (χ2v) is 5.52. The van der Waals surface area contributed by atoms with Gasteiger partial charge in [0, 0.05) is 11.1 Å². The molecule has 1 atom stereocenters. The van der Waals surface area contributed by atoms with Crippen molar-refractivity contribution in [3.63, 3.8) is 0 Å². The van der Waals surface area contributed by atoms with Crippen LogP contribution in [0.1, 0.15) is 5.69 Å². The number of carbonyl (C=O) groups is 2. The van der Waals surface area contributed by atoms with E-state index in [4.69, 9.17) is 9.63 Å². The van der Waals surface area contributed by atoms with Crippen molar-refractivity contribution in [3.8, 4) is 0 Å². The Balaban J connectivity index is 1.80. The van der Waals surface area contributed by atoms with Crippen molar-refractivity contribution in [2.24, 2.45) is 0 Å². The van der Waals surface area contributed by atoms with Crippen LogP contribution in [0.2, 0.25) is 0 Å². The van der Waals surface area contributed by atoms with Gasteiger partial charge in [0.2, 0.25) is 5.91 Å². The number of carboxylic acids is 1. The maximum absolute atomic E-state index is 12.2. The lowest BCUT2D eigenvalue weighted by atomic mass is 10.1. The maximum atomic E-state index is 12.2. The maximum Gasteiger partial charge on any atom is 0.327 e. The first-order chi connectivity index (χ1) is 9.66. The minimum Gasteiger partial charge on any atom is -0.480 e. The minimum atomic E-state index is -0.964. The predicted molar refractivity (Wildman–Crippen MR) is 73.3 cm³/mol. The van der Waals surface area contributed by atoms with Gasteiger partial charge >= 0.3 is 5.97 Å². The van der Waals surface area contributed by atoms with Crippen LogP contribution in [0.25, 0.3) is 11.0 Å². The van der Waals surface area contributed by atoms with Crippen molar-refractivity contribution in [3.05, 3.63) is 30.0 Å². The van der Waals surface area contributed by atoms with Crippen LogP contribution < -0.4 is 0 Å². The number of benzene rings is 1. The fourth-order valence-corrected chi connectivity index (χ4v) is 3.38. The van der Waals surface area contributed by atoms with E-state index >= 15 is 0 Å². The van der Waals surface area contributed by atoms with Gasteiger partial charge in [0.15, 0.2) is 5.58 Å². The van der Waals surface area contributed by atoms with Gasteiger partial charge in [-0.25, -0.2) is 4.79 Å². The molecule has 1 saturated heterocycles. The molecule has 1 unspecified atom stereocenters. The number of aliphatic carboxylic acids is 1. The molecule has 7 heteroatoms. The molecule has 2 heterocycles. The molecule has 0 radical (unpaired) electrons. The highest BCUT2D eigenvalue weighted by Gasteiger charge is 2.34. The van der Waals surface area contributed by atoms with Crippen LogP contribution in [0, 0.1) is 0 Å². The quantitative estimate of drug-likeness (QED) is 0.919. The number of nitrogens with zero attached hydrogens (tertiary/aromatic N) is 2. The van der Waals surface area contributed by atoms with Crippen LogP contribution in [-0.4, -0.2) is 44.7 Å². The molecule has 3 rings (SSSR count). The molecule has 0 aliphatic carbocycles. The van der Waals surface area contributed by atoms with E-state index in [1.165, 1.54) is 16.7 Å². The summed E-state index contributed by atoms with van der Waals surface area (Å²) in [5.41, 5.74) is 1.17. The summed E-state index contributed by atoms with van der Waals surface area (Å²) in [4.78, 5) is 24.7. The minimum absolute atomic E-state index is 0.0569. The van der Waals surface area contributed by atoms with Gasteiger partial charge in [0.25, 0.3) is 0 Å². The van der Waals surface area contributed by atoms with Gasteiger partial charge in [0.05, 0.1) is 12.3 Å². The molecule has 1 aromatic carbocycles. The number of fused-ring (bicyclic) bond motifs is 1. The van der Waals surface area contributed by atoms with Crippen molar-refractivity contribution in [2.75, 3.05) is 11.6 Å². The molecule has 2 aromatic rings. The van der Waals surface area contributed by atoms with Crippen LogP contribution in [-0.2, 0) is 16.0 Å². The number of hydrogen-bond donors (Lipinski definition) is 1. The number of amides is 1. The summed E-state index contributed by atoms with van der Waals surface area (Å²) in [5.74, 6) is -0.360. The third kappa shape index (κ3) is 2.24. The summed E-state index contributed by atoms with van der Waals surface area (Å²) < 4.78 is 5.14. The number of para-hydroxylation sites is 1. The third-order valence-corrected chi connectivity index (χ3v) is 4.27. The van der Waals surface area contributed by atoms with E-state index in [-0.39, 0.29) is 12.3 Å². The van der Waals surface area contributed by atoms with Gasteiger partial charge < -0.3 is 14.5 Å². The predicted octanol–water partition coefficient (Wildman–Crippen LogP) is 1.36. The van der Waals surface area contributed by atoms with Gasteiger partial charge in [-0.1, -0.05) is 17.3 Å². The SMILES string of the molecule is O=C(O)C1CSCN1C(=O)Cc1noc2ccccc12. The number of hydrogen-bond acceptors (Lipinski definition) is 5. The summed E-state index contributed by atoms with van der Waals surface area (Å²) >= 11 is 1.44. The number of thioether (sulfide) groups is 1. The highest BCUT2D eigenvalue weighted by molar-refractivity contribution is 7.99. The summed E-state index contributed by atoms with van der Waals surface area (Å²) in [6, 6.07) is 6.55. The first-order valence-corrected chi connectivity index (χ1v) is 7.25. The molecular weight excluding hydrogens is 280 g/mol. The Morgan fingerprint density at radius 3 is 3.05 bits per heavy atom. The molecule has 6 nitrogen and oxygen atoms in total. The van der Waals surface area contributed by atoms with Crippen molar-refractivity contribution in [1.29, 1.82) is 0 Å². The molecular formula is C13H12N2O4S. The fraction of sp³-hybridized carbons (Fsp3) is 0.308. The third-order valence-electron chi connectivity index (χ3n) is 3.26. The monoisotopic (exact) mass is 292 g/mol. The Kier molecular flexibility index (Phi) is 3.35. The summed E-state index contributed by atoms with van der Waals surface area (Å²) in [5, 5.41) is 13.8. The Labute approximate surface area is 118 Å². The summed E-state index contributed by atoms with van der Waals surface area (Å²) in [7, 11) is 0. The molecule has 104 valence electrons. The average molecular weight is 292 g/mol. The molecule has 1 fully saturated rings. The fourth-order valence-electron chi connectivity index (χ4n) is 2.20. The molecule has 20 heavy (non-hydrogen) atoms. The van der Waals surface area contributed by atoms with Gasteiger partial charge in [-0.05, 0) is 12.1 Å². The Bertz CT molecular complexity index is 669. The molecule has 0 spiro atoms. The van der Waals surface area contributed by atoms with E-state index in [1.807, 2.05) is 18.2 Å². The average Bonchev–Trinajstić information content (AvgIpc) is 3.06. The van der Waals surface area contributed by atoms with Crippen LogP contribution in [0.4, 0.5) is 0 Å². The lowest BCUT2D eigenvalue weighted by Gasteiger charge is -2.19. The molecule has 1 aliphatic rings. The largest absolute Gasteiger partial charge is 0.480 e. The van der Waals surface area contributed by atoms with Gasteiger partial charge in [-0.2, -0.15) is 0 Å². The van der Waals surface area contributed by atoms with E-state index in [2.05, 4.69) is 5.16 Å². The first-order valence-electron chi connectivity index (χ1n) is 6.10. The van der Waals surface area contributed by atoms with Gasteiger partial charge in [-0.3, -0.25) is 4.79 Å². The number of carboxylic acid groups (broad SMARTS) is 1. The zero-order valence-electron chi connectivity index (χ0n) is 10.5. The Morgan fingerprint density at radius 2 is 2.25 bits per heavy atom. The Hall–Kier alpha value is -2.02. The smallest absolute Gasteiger partial charge is 0.327 e. The highest BCUT2D eigenvalue weighted by atomic mass is 32.2. The second kappa shape index (κ2) is 5.16. The number of rotatable bonds is 3. The molecule has 0 bridgehead atoms. The zero-order chi connectivity index (χ0) is 14.1. The Morgan fingerprint density at radius 1 is 1.45 bits per heavy atom. The molecule has 1 aromatic heterocycles. The van der Waals surface area contributed by atoms with E-state index in [0.29, 0.717) is 22.9 Å². The van der Waals surface area contributed by atoms with Crippen LogP contribution >= 0.6 is 11.8 Å². The van der Waals surface area contributed by atoms with Crippen molar-refractivity contribution >= 4 is 34.6 Å². The topological polar surface area (TPSA) is 83.6 Å². The normalized spacial score (nSPS) is 18.6. The standard InChI is InChI=1S/C13H12N2O4S/c16-12(15-7-20-6-10(15)13(17)18)5-9-8-3-1-2-4-11(8)19-14-9/h1-4,10H,5-7H2,(H,17,18). The summed E-state index contributed by atoms with van der Waals surface area (Å²) in [6.45, 7) is 0. The number of carbonyl (C=O) groups excluding carboxylic acids is 1. The van der Waals surface area contributed by atoms with Gasteiger partial charge in [-0.15, -0.1) is 11.8 Å². The summed E-state index contributed by atoms with van der Waals surface area (Å²) in [6.07, 6.45) is 0.0569. The molecule has 1 amide bonds. The second-order valence-electron chi connectivity index (χ2n) is 4.52. The number of aromatic nitrogens is 1. The van der Waals surface area contributed by atoms with E-state index in [0.717, 1.165) is 5.39 Å². The van der Waals surface area contributed by atoms with Crippen LogP contribution in [0.5, 0.6) is 0 Å².